The molecule has 4 nitrogen and oxygen atoms in total. The van der Waals surface area contributed by atoms with Gasteiger partial charge in [-0.3, -0.25) is 4.79 Å². The van der Waals surface area contributed by atoms with Gasteiger partial charge in [-0.2, -0.15) is 13.2 Å². The minimum Gasteiger partial charge on any atom is -0.496 e. The average Bonchev–Trinajstić information content (AvgIpc) is 3.20. The summed E-state index contributed by atoms with van der Waals surface area (Å²) in [5, 5.41) is 3.22. The Labute approximate surface area is 172 Å². The molecule has 1 N–H and O–H groups in total. The van der Waals surface area contributed by atoms with Crippen molar-refractivity contribution in [1.82, 2.24) is 5.32 Å². The van der Waals surface area contributed by atoms with E-state index in [1.54, 1.807) is 0 Å². The van der Waals surface area contributed by atoms with Crippen molar-refractivity contribution in [3.8, 4) is 11.5 Å². The zero-order chi connectivity index (χ0) is 21.6. The summed E-state index contributed by atoms with van der Waals surface area (Å²) in [5.41, 5.74) is -0.00284. The molecule has 0 aliphatic heterocycles. The molecule has 29 heavy (non-hydrogen) atoms. The molecular formula is C21H21ClF3NO3. The van der Waals surface area contributed by atoms with Crippen molar-refractivity contribution in [1.29, 1.82) is 0 Å². The van der Waals surface area contributed by atoms with Gasteiger partial charge < -0.3 is 14.8 Å². The molecule has 0 aromatic heterocycles. The number of benzene rings is 2. The first-order chi connectivity index (χ1) is 13.5. The summed E-state index contributed by atoms with van der Waals surface area (Å²) in [7, 11) is 2.90. The summed E-state index contributed by atoms with van der Waals surface area (Å²) in [6.45, 7) is 3.91. The number of methoxy groups -OCH3 is 2. The number of carbonyl (C=O) groups excluding carboxylic acids is 1. The highest BCUT2D eigenvalue weighted by atomic mass is 35.5. The Morgan fingerprint density at radius 1 is 1.07 bits per heavy atom. The highest BCUT2D eigenvalue weighted by Crippen LogP contribution is 2.59. The summed E-state index contributed by atoms with van der Waals surface area (Å²) in [6, 6.07) is 7.82. The summed E-state index contributed by atoms with van der Waals surface area (Å²) in [6.07, 6.45) is -4.38. The minimum absolute atomic E-state index is 0.103. The summed E-state index contributed by atoms with van der Waals surface area (Å²) >= 11 is 6.13. The number of carbonyl (C=O) groups is 1. The van der Waals surface area contributed by atoms with Crippen LogP contribution in [0.1, 0.15) is 41.3 Å². The molecule has 156 valence electrons. The van der Waals surface area contributed by atoms with Crippen LogP contribution in [0.2, 0.25) is 5.02 Å². The molecule has 0 heterocycles. The lowest BCUT2D eigenvalue weighted by molar-refractivity contribution is -0.137. The third-order valence-electron chi connectivity index (χ3n) is 5.43. The van der Waals surface area contributed by atoms with E-state index in [1.165, 1.54) is 38.5 Å². The molecule has 1 aliphatic carbocycles. The smallest absolute Gasteiger partial charge is 0.416 e. The van der Waals surface area contributed by atoms with Crippen LogP contribution in [-0.4, -0.2) is 26.2 Å². The molecule has 2 atom stereocenters. The second-order valence-electron chi connectivity index (χ2n) is 7.56. The van der Waals surface area contributed by atoms with Crippen molar-refractivity contribution < 1.29 is 27.4 Å². The van der Waals surface area contributed by atoms with Crippen molar-refractivity contribution in [2.45, 2.75) is 32.0 Å². The molecule has 2 aromatic rings. The number of halogens is 4. The van der Waals surface area contributed by atoms with Gasteiger partial charge in [-0.25, -0.2) is 0 Å². The molecule has 3 rings (SSSR count). The van der Waals surface area contributed by atoms with Crippen LogP contribution in [0.4, 0.5) is 13.2 Å². The summed E-state index contributed by atoms with van der Waals surface area (Å²) < 4.78 is 48.8. The van der Waals surface area contributed by atoms with Crippen LogP contribution in [0.3, 0.4) is 0 Å². The average molecular weight is 428 g/mol. The zero-order valence-electron chi connectivity index (χ0n) is 16.4. The maximum Gasteiger partial charge on any atom is 0.416 e. The van der Waals surface area contributed by atoms with E-state index in [0.717, 1.165) is 17.7 Å². The van der Waals surface area contributed by atoms with Crippen molar-refractivity contribution in [2.24, 2.45) is 5.41 Å². The van der Waals surface area contributed by atoms with Gasteiger partial charge in [0.2, 0.25) is 0 Å². The van der Waals surface area contributed by atoms with E-state index in [2.05, 4.69) is 5.32 Å². The summed E-state index contributed by atoms with van der Waals surface area (Å²) in [4.78, 5) is 12.8. The number of alkyl halides is 3. The molecule has 1 aliphatic rings. The van der Waals surface area contributed by atoms with Crippen LogP contribution in [-0.2, 0) is 6.18 Å². The Balaban J connectivity index is 1.80. The van der Waals surface area contributed by atoms with Crippen LogP contribution in [0.5, 0.6) is 11.5 Å². The van der Waals surface area contributed by atoms with Gasteiger partial charge >= 0.3 is 6.18 Å². The van der Waals surface area contributed by atoms with Gasteiger partial charge in [-0.1, -0.05) is 37.6 Å². The van der Waals surface area contributed by atoms with Crippen LogP contribution in [0.25, 0.3) is 0 Å². The third kappa shape index (κ3) is 4.01. The van der Waals surface area contributed by atoms with E-state index in [-0.39, 0.29) is 33.9 Å². The largest absolute Gasteiger partial charge is 0.496 e. The number of amides is 1. The van der Waals surface area contributed by atoms with E-state index >= 15 is 0 Å². The van der Waals surface area contributed by atoms with Gasteiger partial charge in [0.25, 0.3) is 5.91 Å². The number of hydrogen-bond donors (Lipinski definition) is 1. The topological polar surface area (TPSA) is 47.6 Å². The van der Waals surface area contributed by atoms with Gasteiger partial charge in [-0.05, 0) is 29.2 Å². The third-order valence-corrected chi connectivity index (χ3v) is 5.72. The maximum atomic E-state index is 12.8. The van der Waals surface area contributed by atoms with Gasteiger partial charge in [0, 0.05) is 18.0 Å². The van der Waals surface area contributed by atoms with Gasteiger partial charge in [0.15, 0.2) is 0 Å². The van der Waals surface area contributed by atoms with Crippen LogP contribution < -0.4 is 14.8 Å². The van der Waals surface area contributed by atoms with E-state index in [9.17, 15) is 18.0 Å². The number of hydrogen-bond acceptors (Lipinski definition) is 3. The maximum absolute atomic E-state index is 12.8. The second kappa shape index (κ2) is 7.44. The molecule has 0 unspecified atom stereocenters. The number of rotatable bonds is 5. The highest BCUT2D eigenvalue weighted by molar-refractivity contribution is 6.32. The fourth-order valence-corrected chi connectivity index (χ4v) is 3.91. The van der Waals surface area contributed by atoms with Crippen molar-refractivity contribution in [2.75, 3.05) is 14.2 Å². The Hall–Kier alpha value is -2.41. The lowest BCUT2D eigenvalue weighted by atomic mass is 10.0. The first-order valence-electron chi connectivity index (χ1n) is 8.90. The molecule has 1 fully saturated rings. The Morgan fingerprint density at radius 2 is 1.66 bits per heavy atom. The highest BCUT2D eigenvalue weighted by Gasteiger charge is 2.59. The lowest BCUT2D eigenvalue weighted by Crippen LogP contribution is -2.29. The van der Waals surface area contributed by atoms with Crippen molar-refractivity contribution in [3.63, 3.8) is 0 Å². The first kappa shape index (κ1) is 21.3. The molecule has 0 saturated heterocycles. The monoisotopic (exact) mass is 427 g/mol. The predicted molar refractivity (Wildman–Crippen MR) is 104 cm³/mol. The molecule has 0 spiro atoms. The predicted octanol–water partition coefficient (Wildman–Crippen LogP) is 5.30. The minimum atomic E-state index is -4.38. The molecule has 1 amide bonds. The molecule has 8 heteroatoms. The van der Waals surface area contributed by atoms with E-state index in [0.29, 0.717) is 11.5 Å². The standard InChI is InChI=1S/C21H21ClF3NO3/c1-20(2)17(11-5-7-12(8-6-11)21(23,24)25)18(20)26-19(27)13-9-14(22)16(29-4)10-15(13)28-3/h5-10,17-18H,1-4H3,(H,26,27)/t17-,18-/m1/s1. The van der Waals surface area contributed by atoms with Gasteiger partial charge in [0.1, 0.15) is 11.5 Å². The lowest BCUT2D eigenvalue weighted by Gasteiger charge is -2.13. The fourth-order valence-electron chi connectivity index (χ4n) is 3.67. The zero-order valence-corrected chi connectivity index (χ0v) is 17.1. The van der Waals surface area contributed by atoms with Crippen molar-refractivity contribution >= 4 is 17.5 Å². The van der Waals surface area contributed by atoms with Gasteiger partial charge in [-0.15, -0.1) is 0 Å². The van der Waals surface area contributed by atoms with Crippen LogP contribution >= 0.6 is 11.6 Å². The second-order valence-corrected chi connectivity index (χ2v) is 7.96. The quantitative estimate of drug-likeness (QED) is 0.704. The Kier molecular flexibility index (Phi) is 5.47. The van der Waals surface area contributed by atoms with E-state index in [1.807, 2.05) is 13.8 Å². The molecule has 2 aromatic carbocycles. The van der Waals surface area contributed by atoms with E-state index in [4.69, 9.17) is 21.1 Å². The van der Waals surface area contributed by atoms with E-state index < -0.39 is 11.7 Å². The van der Waals surface area contributed by atoms with Gasteiger partial charge in [0.05, 0.1) is 30.4 Å². The number of ether oxygens (including phenoxy) is 2. The fraction of sp³-hybridized carbons (Fsp3) is 0.381. The molecular weight excluding hydrogens is 407 g/mol. The molecule has 0 radical (unpaired) electrons. The molecule has 1 saturated carbocycles. The Bertz CT molecular complexity index is 926. The van der Waals surface area contributed by atoms with Crippen LogP contribution in [0, 0.1) is 5.41 Å². The van der Waals surface area contributed by atoms with Crippen molar-refractivity contribution in [3.05, 3.63) is 58.1 Å². The SMILES string of the molecule is COc1cc(OC)c(C(=O)N[C@@H]2[C@@H](c3ccc(C(F)(F)F)cc3)C2(C)C)cc1Cl. The molecule has 0 bridgehead atoms. The summed E-state index contributed by atoms with van der Waals surface area (Å²) in [5.74, 6) is 0.218. The number of nitrogens with one attached hydrogen (secondary N) is 1. The first-order valence-corrected chi connectivity index (χ1v) is 9.28. The van der Waals surface area contributed by atoms with Crippen LogP contribution in [0.15, 0.2) is 36.4 Å². The normalized spacial score (nSPS) is 20.1. The Morgan fingerprint density at radius 3 is 2.17 bits per heavy atom.